The Kier molecular flexibility index (Phi) is 9.74. The first kappa shape index (κ1) is 22.2. The quantitative estimate of drug-likeness (QED) is 0.347. The lowest BCUT2D eigenvalue weighted by atomic mass is 9.95. The lowest BCUT2D eigenvalue weighted by molar-refractivity contribution is -0.0565. The molecule has 2 rings (SSSR count). The van der Waals surface area contributed by atoms with Crippen molar-refractivity contribution in [2.45, 2.75) is 45.1 Å². The fourth-order valence-electron chi connectivity index (χ4n) is 2.82. The van der Waals surface area contributed by atoms with E-state index in [4.69, 9.17) is 4.74 Å². The molecule has 6 heteroatoms. The Morgan fingerprint density at radius 3 is 2.68 bits per heavy atom. The molecule has 0 amide bonds. The van der Waals surface area contributed by atoms with Gasteiger partial charge in [-0.15, -0.1) is 24.0 Å². The maximum Gasteiger partial charge on any atom is 0.191 e. The van der Waals surface area contributed by atoms with Gasteiger partial charge in [0.25, 0.3) is 0 Å². The highest BCUT2D eigenvalue weighted by molar-refractivity contribution is 14.0. The Morgan fingerprint density at radius 1 is 1.32 bits per heavy atom. The molecule has 5 nitrogen and oxygen atoms in total. The summed E-state index contributed by atoms with van der Waals surface area (Å²) in [5.74, 6) is 1.15. The van der Waals surface area contributed by atoms with Crippen molar-refractivity contribution in [1.82, 2.24) is 10.6 Å². The topological polar surface area (TPSA) is 65.9 Å². The van der Waals surface area contributed by atoms with Gasteiger partial charge in [-0.3, -0.25) is 4.99 Å². The van der Waals surface area contributed by atoms with Crippen molar-refractivity contribution in [3.63, 3.8) is 0 Å². The highest BCUT2D eigenvalue weighted by Gasteiger charge is 2.29. The third-order valence-electron chi connectivity index (χ3n) is 4.49. The monoisotopic (exact) mass is 461 g/mol. The standard InChI is InChI=1S/C19H31N3O2.HI/c1-4-20-18(22-14-19(23)8-10-24-11-9-19)21-13-16(3)17-7-5-6-15(2)12-17;/h5-7,12,16,23H,4,8-11,13-14H2,1-3H3,(H2,20,21,22);1H. The first-order valence-electron chi connectivity index (χ1n) is 8.91. The number of aliphatic imine (C=N–C) groups is 1. The van der Waals surface area contributed by atoms with E-state index in [-0.39, 0.29) is 24.0 Å². The number of rotatable bonds is 6. The number of aryl methyl sites for hydroxylation is 1. The third-order valence-corrected chi connectivity index (χ3v) is 4.49. The summed E-state index contributed by atoms with van der Waals surface area (Å²) >= 11 is 0. The van der Waals surface area contributed by atoms with Crippen molar-refractivity contribution in [3.05, 3.63) is 35.4 Å². The summed E-state index contributed by atoms with van der Waals surface area (Å²) < 4.78 is 5.32. The van der Waals surface area contributed by atoms with Crippen molar-refractivity contribution in [2.75, 3.05) is 32.8 Å². The highest BCUT2D eigenvalue weighted by Crippen LogP contribution is 2.20. The maximum absolute atomic E-state index is 10.5. The number of nitrogens with zero attached hydrogens (tertiary/aromatic N) is 1. The number of ether oxygens (including phenoxy) is 1. The van der Waals surface area contributed by atoms with Gasteiger partial charge in [-0.05, 0) is 25.3 Å². The van der Waals surface area contributed by atoms with Crippen LogP contribution in [0.4, 0.5) is 0 Å². The number of guanidine groups is 1. The molecule has 3 N–H and O–H groups in total. The zero-order valence-corrected chi connectivity index (χ0v) is 17.9. The van der Waals surface area contributed by atoms with Gasteiger partial charge in [0.2, 0.25) is 0 Å². The van der Waals surface area contributed by atoms with Crippen LogP contribution >= 0.6 is 24.0 Å². The molecule has 1 aliphatic heterocycles. The van der Waals surface area contributed by atoms with Crippen LogP contribution in [-0.2, 0) is 4.74 Å². The van der Waals surface area contributed by atoms with E-state index < -0.39 is 5.60 Å². The number of hydrogen-bond acceptors (Lipinski definition) is 3. The van der Waals surface area contributed by atoms with Crippen LogP contribution in [0, 0.1) is 6.92 Å². The van der Waals surface area contributed by atoms with E-state index in [9.17, 15) is 5.11 Å². The third kappa shape index (κ3) is 7.50. The molecule has 1 aliphatic rings. The molecule has 1 aromatic rings. The Bertz CT molecular complexity index is 545. The summed E-state index contributed by atoms with van der Waals surface area (Å²) in [5, 5.41) is 17.2. The fourth-order valence-corrected chi connectivity index (χ4v) is 2.82. The molecule has 1 saturated heterocycles. The Hall–Kier alpha value is -0.860. The molecule has 1 fully saturated rings. The SMILES string of the molecule is CCNC(=NCC1(O)CCOCC1)NCC(C)c1cccc(C)c1.I. The molecule has 1 aromatic carbocycles. The summed E-state index contributed by atoms with van der Waals surface area (Å²) in [5.41, 5.74) is 1.87. The second-order valence-corrected chi connectivity index (χ2v) is 6.73. The van der Waals surface area contributed by atoms with Crippen molar-refractivity contribution in [1.29, 1.82) is 0 Å². The fraction of sp³-hybridized carbons (Fsp3) is 0.632. The first-order valence-corrected chi connectivity index (χ1v) is 8.91. The van der Waals surface area contributed by atoms with Gasteiger partial charge >= 0.3 is 0 Å². The van der Waals surface area contributed by atoms with Crippen LogP contribution < -0.4 is 10.6 Å². The molecular formula is C19H32IN3O2. The van der Waals surface area contributed by atoms with Crippen molar-refractivity contribution >= 4 is 29.9 Å². The minimum absolute atomic E-state index is 0. The number of aliphatic hydroxyl groups is 1. The molecule has 1 atom stereocenters. The Labute approximate surface area is 168 Å². The Morgan fingerprint density at radius 2 is 2.04 bits per heavy atom. The molecule has 25 heavy (non-hydrogen) atoms. The molecular weight excluding hydrogens is 429 g/mol. The lowest BCUT2D eigenvalue weighted by Gasteiger charge is -2.30. The molecule has 1 unspecified atom stereocenters. The molecule has 0 spiro atoms. The first-order chi connectivity index (χ1) is 11.5. The second-order valence-electron chi connectivity index (χ2n) is 6.73. The Balaban J connectivity index is 0.00000312. The predicted octanol–water partition coefficient (Wildman–Crippen LogP) is 2.81. The van der Waals surface area contributed by atoms with Crippen LogP contribution in [0.25, 0.3) is 0 Å². The van der Waals surface area contributed by atoms with Gasteiger partial charge in [0.05, 0.1) is 12.1 Å². The van der Waals surface area contributed by atoms with Crippen LogP contribution in [-0.4, -0.2) is 49.5 Å². The smallest absolute Gasteiger partial charge is 0.191 e. The van der Waals surface area contributed by atoms with E-state index >= 15 is 0 Å². The van der Waals surface area contributed by atoms with E-state index in [1.165, 1.54) is 11.1 Å². The van der Waals surface area contributed by atoms with Gasteiger partial charge in [0.1, 0.15) is 0 Å². The van der Waals surface area contributed by atoms with Crippen molar-refractivity contribution < 1.29 is 9.84 Å². The molecule has 0 bridgehead atoms. The largest absolute Gasteiger partial charge is 0.388 e. The second kappa shape index (κ2) is 11.0. The lowest BCUT2D eigenvalue weighted by Crippen LogP contribution is -2.43. The van der Waals surface area contributed by atoms with Gasteiger partial charge in [-0.25, -0.2) is 0 Å². The van der Waals surface area contributed by atoms with Crippen LogP contribution in [0.2, 0.25) is 0 Å². The summed E-state index contributed by atoms with van der Waals surface area (Å²) in [6, 6.07) is 8.60. The van der Waals surface area contributed by atoms with Gasteiger partial charge in [-0.2, -0.15) is 0 Å². The van der Waals surface area contributed by atoms with Crippen LogP contribution in [0.5, 0.6) is 0 Å². The normalized spacial score (nSPS) is 18.2. The number of nitrogens with one attached hydrogen (secondary N) is 2. The maximum atomic E-state index is 10.5. The van der Waals surface area contributed by atoms with Gasteiger partial charge in [-0.1, -0.05) is 36.8 Å². The average Bonchev–Trinajstić information content (AvgIpc) is 2.58. The summed E-state index contributed by atoms with van der Waals surface area (Å²) in [7, 11) is 0. The molecule has 0 saturated carbocycles. The van der Waals surface area contributed by atoms with E-state index in [1.54, 1.807) is 0 Å². The van der Waals surface area contributed by atoms with Gasteiger partial charge in [0.15, 0.2) is 5.96 Å². The molecule has 1 heterocycles. The molecule has 0 aliphatic carbocycles. The average molecular weight is 461 g/mol. The zero-order chi connectivity index (χ0) is 17.4. The number of halogens is 1. The van der Waals surface area contributed by atoms with Gasteiger partial charge < -0.3 is 20.5 Å². The van der Waals surface area contributed by atoms with E-state index in [0.29, 0.717) is 38.5 Å². The van der Waals surface area contributed by atoms with Crippen molar-refractivity contribution in [3.8, 4) is 0 Å². The predicted molar refractivity (Wildman–Crippen MR) is 114 cm³/mol. The molecule has 0 aromatic heterocycles. The van der Waals surface area contributed by atoms with Crippen LogP contribution in [0.3, 0.4) is 0 Å². The van der Waals surface area contributed by atoms with E-state index in [2.05, 4.69) is 53.7 Å². The highest BCUT2D eigenvalue weighted by atomic mass is 127. The van der Waals surface area contributed by atoms with Crippen LogP contribution in [0.15, 0.2) is 29.3 Å². The number of benzene rings is 1. The molecule has 0 radical (unpaired) electrons. The minimum atomic E-state index is -0.733. The van der Waals surface area contributed by atoms with E-state index in [1.807, 2.05) is 6.92 Å². The molecule has 142 valence electrons. The summed E-state index contributed by atoms with van der Waals surface area (Å²) in [4.78, 5) is 4.58. The summed E-state index contributed by atoms with van der Waals surface area (Å²) in [6.45, 7) is 9.60. The van der Waals surface area contributed by atoms with Crippen LogP contribution in [0.1, 0.15) is 43.7 Å². The minimum Gasteiger partial charge on any atom is -0.388 e. The van der Waals surface area contributed by atoms with Crippen molar-refractivity contribution in [2.24, 2.45) is 4.99 Å². The van der Waals surface area contributed by atoms with E-state index in [0.717, 1.165) is 19.0 Å². The summed E-state index contributed by atoms with van der Waals surface area (Å²) in [6.07, 6.45) is 1.30. The number of hydrogen-bond donors (Lipinski definition) is 3. The van der Waals surface area contributed by atoms with Gasteiger partial charge in [0, 0.05) is 39.1 Å². The zero-order valence-electron chi connectivity index (χ0n) is 15.5.